The molecule has 1 aromatic heterocycles. The van der Waals surface area contributed by atoms with E-state index in [1.165, 1.54) is 0 Å². The molecule has 1 aliphatic heterocycles. The Morgan fingerprint density at radius 2 is 2.11 bits per heavy atom. The van der Waals surface area contributed by atoms with Crippen molar-refractivity contribution in [1.29, 1.82) is 0 Å². The standard InChI is InChI=1S/C12H21N5O2/c1-3-6-17-10(13-14-15-17)9-16-7-4-12(2,5-8-16)11(18)19/h3-9H2,1-2H3,(H,18,19). The van der Waals surface area contributed by atoms with Gasteiger partial charge in [-0.05, 0) is 49.7 Å². The Balaban J connectivity index is 1.92. The predicted molar refractivity (Wildman–Crippen MR) is 68.4 cm³/mol. The highest BCUT2D eigenvalue weighted by atomic mass is 16.4. The summed E-state index contributed by atoms with van der Waals surface area (Å²) in [6.45, 7) is 6.99. The normalized spacial score (nSPS) is 19.5. The predicted octanol–water partition coefficient (Wildman–Crippen LogP) is 0.770. The van der Waals surface area contributed by atoms with Gasteiger partial charge in [0.15, 0.2) is 5.82 Å². The van der Waals surface area contributed by atoms with Crippen LogP contribution in [0.5, 0.6) is 0 Å². The van der Waals surface area contributed by atoms with Crippen LogP contribution in [0.3, 0.4) is 0 Å². The summed E-state index contributed by atoms with van der Waals surface area (Å²) in [6, 6.07) is 0. The molecule has 2 rings (SSSR count). The molecule has 0 unspecified atom stereocenters. The molecule has 0 aromatic carbocycles. The van der Waals surface area contributed by atoms with Gasteiger partial charge in [0.2, 0.25) is 0 Å². The van der Waals surface area contributed by atoms with Gasteiger partial charge in [-0.15, -0.1) is 5.10 Å². The van der Waals surface area contributed by atoms with Crippen molar-refractivity contribution in [2.75, 3.05) is 13.1 Å². The van der Waals surface area contributed by atoms with Crippen LogP contribution in [0.2, 0.25) is 0 Å². The second-order valence-electron chi connectivity index (χ2n) is 5.46. The van der Waals surface area contributed by atoms with Crippen molar-refractivity contribution in [1.82, 2.24) is 25.1 Å². The van der Waals surface area contributed by atoms with Crippen LogP contribution in [0, 0.1) is 5.41 Å². The highest BCUT2D eigenvalue weighted by Crippen LogP contribution is 2.31. The zero-order valence-corrected chi connectivity index (χ0v) is 11.5. The average molecular weight is 267 g/mol. The van der Waals surface area contributed by atoms with Gasteiger partial charge < -0.3 is 5.11 Å². The largest absolute Gasteiger partial charge is 0.481 e. The number of carboxylic acids is 1. The van der Waals surface area contributed by atoms with Crippen molar-refractivity contribution in [2.24, 2.45) is 5.41 Å². The molecular weight excluding hydrogens is 246 g/mol. The number of hydrogen-bond acceptors (Lipinski definition) is 5. The summed E-state index contributed by atoms with van der Waals surface area (Å²) in [5.74, 6) is 0.170. The monoisotopic (exact) mass is 267 g/mol. The SMILES string of the molecule is CCCn1nnnc1CN1CCC(C)(C(=O)O)CC1. The molecule has 0 atom stereocenters. The van der Waals surface area contributed by atoms with E-state index in [9.17, 15) is 9.90 Å². The second kappa shape index (κ2) is 5.64. The lowest BCUT2D eigenvalue weighted by molar-refractivity contribution is -0.150. The molecule has 0 spiro atoms. The van der Waals surface area contributed by atoms with E-state index >= 15 is 0 Å². The highest BCUT2D eigenvalue weighted by Gasteiger charge is 2.36. The van der Waals surface area contributed by atoms with Gasteiger partial charge in [-0.1, -0.05) is 6.92 Å². The number of piperidine rings is 1. The van der Waals surface area contributed by atoms with Crippen LogP contribution in [-0.2, 0) is 17.9 Å². The van der Waals surface area contributed by atoms with Crippen LogP contribution < -0.4 is 0 Å². The molecule has 0 radical (unpaired) electrons. The van der Waals surface area contributed by atoms with Crippen molar-refractivity contribution >= 4 is 5.97 Å². The van der Waals surface area contributed by atoms with E-state index in [0.717, 1.165) is 31.9 Å². The molecule has 106 valence electrons. The number of hydrogen-bond donors (Lipinski definition) is 1. The number of carbonyl (C=O) groups is 1. The molecule has 0 saturated carbocycles. The van der Waals surface area contributed by atoms with Gasteiger partial charge in [0, 0.05) is 6.54 Å². The molecule has 1 fully saturated rings. The fourth-order valence-electron chi connectivity index (χ4n) is 2.34. The second-order valence-corrected chi connectivity index (χ2v) is 5.46. The first-order chi connectivity index (χ1) is 9.05. The van der Waals surface area contributed by atoms with Crippen LogP contribution in [0.15, 0.2) is 0 Å². The number of likely N-dealkylation sites (tertiary alicyclic amines) is 1. The maximum Gasteiger partial charge on any atom is 0.309 e. The molecule has 7 nitrogen and oxygen atoms in total. The lowest BCUT2D eigenvalue weighted by Gasteiger charge is -2.36. The maximum atomic E-state index is 11.2. The minimum atomic E-state index is -0.692. The van der Waals surface area contributed by atoms with Crippen molar-refractivity contribution < 1.29 is 9.90 Å². The van der Waals surface area contributed by atoms with Crippen LogP contribution in [0.4, 0.5) is 0 Å². The topological polar surface area (TPSA) is 84.1 Å². The molecule has 1 aliphatic rings. The zero-order chi connectivity index (χ0) is 13.9. The number of aromatic nitrogens is 4. The summed E-state index contributed by atoms with van der Waals surface area (Å²) in [5.41, 5.74) is -0.578. The summed E-state index contributed by atoms with van der Waals surface area (Å²) in [5, 5.41) is 20.9. The van der Waals surface area contributed by atoms with E-state index in [4.69, 9.17) is 0 Å². The van der Waals surface area contributed by atoms with E-state index in [1.807, 2.05) is 11.6 Å². The van der Waals surface area contributed by atoms with Crippen LogP contribution in [-0.4, -0.2) is 49.3 Å². The first kappa shape index (κ1) is 13.9. The number of rotatable bonds is 5. The molecule has 19 heavy (non-hydrogen) atoms. The Morgan fingerprint density at radius 3 is 2.68 bits per heavy atom. The van der Waals surface area contributed by atoms with Gasteiger partial charge in [-0.25, -0.2) is 4.68 Å². The average Bonchev–Trinajstić information content (AvgIpc) is 2.80. The molecule has 2 heterocycles. The van der Waals surface area contributed by atoms with Gasteiger partial charge in [-0.3, -0.25) is 9.69 Å². The molecule has 0 bridgehead atoms. The Hall–Kier alpha value is -1.50. The van der Waals surface area contributed by atoms with Gasteiger partial charge >= 0.3 is 5.97 Å². The molecule has 7 heteroatoms. The molecule has 1 N–H and O–H groups in total. The van der Waals surface area contributed by atoms with Crippen molar-refractivity contribution in [3.8, 4) is 0 Å². The molecule has 1 saturated heterocycles. The van der Waals surface area contributed by atoms with Crippen LogP contribution in [0.25, 0.3) is 0 Å². The third-order valence-corrected chi connectivity index (χ3v) is 3.88. The van der Waals surface area contributed by atoms with E-state index in [0.29, 0.717) is 19.4 Å². The first-order valence-corrected chi connectivity index (χ1v) is 6.76. The van der Waals surface area contributed by atoms with Gasteiger partial charge in [0.05, 0.1) is 12.0 Å². The fraction of sp³-hybridized carbons (Fsp3) is 0.833. The molecule has 0 aliphatic carbocycles. The minimum Gasteiger partial charge on any atom is -0.481 e. The number of nitrogens with zero attached hydrogens (tertiary/aromatic N) is 5. The summed E-state index contributed by atoms with van der Waals surface area (Å²) in [6.07, 6.45) is 2.35. The van der Waals surface area contributed by atoms with E-state index in [-0.39, 0.29) is 0 Å². The van der Waals surface area contributed by atoms with E-state index in [2.05, 4.69) is 27.3 Å². The molecule has 0 amide bonds. The lowest BCUT2D eigenvalue weighted by atomic mass is 9.80. The third kappa shape index (κ3) is 3.09. The first-order valence-electron chi connectivity index (χ1n) is 6.76. The number of aryl methyl sites for hydroxylation is 1. The maximum absolute atomic E-state index is 11.2. The quantitative estimate of drug-likeness (QED) is 0.848. The third-order valence-electron chi connectivity index (χ3n) is 3.88. The summed E-state index contributed by atoms with van der Waals surface area (Å²) in [4.78, 5) is 13.4. The van der Waals surface area contributed by atoms with Gasteiger partial charge in [0.25, 0.3) is 0 Å². The number of tetrazole rings is 1. The summed E-state index contributed by atoms with van der Waals surface area (Å²) >= 11 is 0. The Kier molecular flexibility index (Phi) is 4.14. The number of aliphatic carboxylic acids is 1. The smallest absolute Gasteiger partial charge is 0.309 e. The van der Waals surface area contributed by atoms with Crippen LogP contribution >= 0.6 is 0 Å². The van der Waals surface area contributed by atoms with Gasteiger partial charge in [0.1, 0.15) is 0 Å². The molecular formula is C12H21N5O2. The lowest BCUT2D eigenvalue weighted by Crippen LogP contribution is -2.42. The van der Waals surface area contributed by atoms with E-state index < -0.39 is 11.4 Å². The van der Waals surface area contributed by atoms with E-state index in [1.54, 1.807) is 0 Å². The van der Waals surface area contributed by atoms with Crippen molar-refractivity contribution in [3.05, 3.63) is 5.82 Å². The molecule has 1 aromatic rings. The minimum absolute atomic E-state index is 0.578. The number of carboxylic acid groups (broad SMARTS) is 1. The Bertz CT molecular complexity index is 437. The highest BCUT2D eigenvalue weighted by molar-refractivity contribution is 5.74. The zero-order valence-electron chi connectivity index (χ0n) is 11.5. The Morgan fingerprint density at radius 1 is 1.42 bits per heavy atom. The summed E-state index contributed by atoms with van der Waals surface area (Å²) in [7, 11) is 0. The Labute approximate surface area is 112 Å². The summed E-state index contributed by atoms with van der Waals surface area (Å²) < 4.78 is 1.82. The fourth-order valence-corrected chi connectivity index (χ4v) is 2.34. The van der Waals surface area contributed by atoms with Gasteiger partial charge in [-0.2, -0.15) is 0 Å². The van der Waals surface area contributed by atoms with Crippen LogP contribution in [0.1, 0.15) is 38.9 Å². The van der Waals surface area contributed by atoms with Crippen molar-refractivity contribution in [2.45, 2.75) is 46.2 Å². The van der Waals surface area contributed by atoms with Crippen molar-refractivity contribution in [3.63, 3.8) is 0 Å².